The average Bonchev–Trinajstić information content (AvgIpc) is 3.23. The van der Waals surface area contributed by atoms with E-state index in [1.165, 1.54) is 18.4 Å². The number of anilines is 1. The topological polar surface area (TPSA) is 47.9 Å². The Hall–Kier alpha value is -1.31. The van der Waals surface area contributed by atoms with E-state index in [4.69, 9.17) is 4.99 Å². The highest BCUT2D eigenvalue weighted by atomic mass is 127. The number of nitrogens with one attached hydrogen (secondary N) is 1. The monoisotopic (exact) mass is 442 g/mol. The predicted octanol–water partition coefficient (Wildman–Crippen LogP) is 2.99. The van der Waals surface area contributed by atoms with Gasteiger partial charge in [0, 0.05) is 38.3 Å². The maximum absolute atomic E-state index is 11.8. The SMILES string of the molecule is CCNC(=NCc1ccc(N2CCCC2=O)cc1)N1CCCC1.I. The van der Waals surface area contributed by atoms with E-state index in [1.807, 2.05) is 17.0 Å². The lowest BCUT2D eigenvalue weighted by molar-refractivity contribution is -0.117. The van der Waals surface area contributed by atoms with Gasteiger partial charge >= 0.3 is 0 Å². The number of carbonyl (C=O) groups is 1. The molecule has 0 aromatic heterocycles. The van der Waals surface area contributed by atoms with Gasteiger partial charge in [0.2, 0.25) is 5.91 Å². The van der Waals surface area contributed by atoms with Crippen molar-refractivity contribution in [2.24, 2.45) is 4.99 Å². The van der Waals surface area contributed by atoms with Gasteiger partial charge in [-0.05, 0) is 43.9 Å². The second-order valence-electron chi connectivity index (χ2n) is 6.18. The molecule has 2 aliphatic heterocycles. The van der Waals surface area contributed by atoms with Crippen molar-refractivity contribution in [3.63, 3.8) is 0 Å². The van der Waals surface area contributed by atoms with E-state index >= 15 is 0 Å². The summed E-state index contributed by atoms with van der Waals surface area (Å²) in [4.78, 5) is 20.8. The largest absolute Gasteiger partial charge is 0.357 e. The Kier molecular flexibility index (Phi) is 7.33. The minimum Gasteiger partial charge on any atom is -0.357 e. The number of guanidine groups is 1. The third-order valence-corrected chi connectivity index (χ3v) is 4.47. The molecule has 132 valence electrons. The molecule has 2 saturated heterocycles. The third kappa shape index (κ3) is 4.62. The van der Waals surface area contributed by atoms with Crippen LogP contribution in [0.25, 0.3) is 0 Å². The quantitative estimate of drug-likeness (QED) is 0.443. The highest BCUT2D eigenvalue weighted by Crippen LogP contribution is 2.21. The normalized spacial score (nSPS) is 18.0. The zero-order valence-corrected chi connectivity index (χ0v) is 16.7. The molecule has 1 N–H and O–H groups in total. The zero-order chi connectivity index (χ0) is 16.1. The summed E-state index contributed by atoms with van der Waals surface area (Å²) in [5, 5.41) is 3.38. The number of nitrogens with zero attached hydrogens (tertiary/aromatic N) is 3. The molecule has 3 rings (SSSR count). The summed E-state index contributed by atoms with van der Waals surface area (Å²) in [7, 11) is 0. The summed E-state index contributed by atoms with van der Waals surface area (Å²) < 4.78 is 0. The summed E-state index contributed by atoms with van der Waals surface area (Å²) in [6.45, 7) is 6.71. The van der Waals surface area contributed by atoms with Crippen LogP contribution in [-0.4, -0.2) is 42.9 Å². The third-order valence-electron chi connectivity index (χ3n) is 4.47. The molecule has 0 atom stereocenters. The Morgan fingerprint density at radius 3 is 2.42 bits per heavy atom. The van der Waals surface area contributed by atoms with Crippen LogP contribution in [0.2, 0.25) is 0 Å². The van der Waals surface area contributed by atoms with Gasteiger partial charge in [0.25, 0.3) is 0 Å². The van der Waals surface area contributed by atoms with Crippen molar-refractivity contribution in [3.05, 3.63) is 29.8 Å². The number of halogens is 1. The maximum Gasteiger partial charge on any atom is 0.227 e. The summed E-state index contributed by atoms with van der Waals surface area (Å²) in [5.74, 6) is 1.25. The Bertz CT molecular complexity index is 567. The molecule has 0 radical (unpaired) electrons. The fourth-order valence-corrected chi connectivity index (χ4v) is 3.22. The highest BCUT2D eigenvalue weighted by Gasteiger charge is 2.21. The van der Waals surface area contributed by atoms with Crippen LogP contribution in [0.1, 0.15) is 38.2 Å². The Balaban J connectivity index is 0.00000208. The van der Waals surface area contributed by atoms with Gasteiger partial charge < -0.3 is 15.1 Å². The zero-order valence-electron chi connectivity index (χ0n) is 14.3. The number of aliphatic imine (C=N–C) groups is 1. The molecular formula is C18H27IN4O. The van der Waals surface area contributed by atoms with Crippen LogP contribution in [0, 0.1) is 0 Å². The van der Waals surface area contributed by atoms with Crippen LogP contribution < -0.4 is 10.2 Å². The molecule has 1 amide bonds. The van der Waals surface area contributed by atoms with E-state index in [0.717, 1.165) is 44.2 Å². The number of likely N-dealkylation sites (tertiary alicyclic amines) is 1. The molecule has 0 spiro atoms. The van der Waals surface area contributed by atoms with Gasteiger partial charge in [0.15, 0.2) is 5.96 Å². The molecular weight excluding hydrogens is 415 g/mol. The van der Waals surface area contributed by atoms with Crippen LogP contribution in [0.15, 0.2) is 29.3 Å². The molecule has 0 aliphatic carbocycles. The molecule has 0 unspecified atom stereocenters. The first-order valence-electron chi connectivity index (χ1n) is 8.70. The lowest BCUT2D eigenvalue weighted by atomic mass is 10.2. The Morgan fingerprint density at radius 1 is 1.12 bits per heavy atom. The average molecular weight is 442 g/mol. The molecule has 5 nitrogen and oxygen atoms in total. The van der Waals surface area contributed by atoms with Crippen molar-refractivity contribution < 1.29 is 4.79 Å². The lowest BCUT2D eigenvalue weighted by Crippen LogP contribution is -2.39. The number of carbonyl (C=O) groups excluding carboxylic acids is 1. The number of benzene rings is 1. The molecule has 2 fully saturated rings. The van der Waals surface area contributed by atoms with Crippen LogP contribution >= 0.6 is 24.0 Å². The minimum atomic E-state index is 0. The number of hydrogen-bond donors (Lipinski definition) is 1. The maximum atomic E-state index is 11.8. The van der Waals surface area contributed by atoms with E-state index in [0.29, 0.717) is 13.0 Å². The van der Waals surface area contributed by atoms with E-state index in [-0.39, 0.29) is 29.9 Å². The van der Waals surface area contributed by atoms with Crippen molar-refractivity contribution in [1.29, 1.82) is 0 Å². The van der Waals surface area contributed by atoms with Gasteiger partial charge in [-0.2, -0.15) is 0 Å². The molecule has 1 aromatic carbocycles. The molecule has 6 heteroatoms. The first-order chi connectivity index (χ1) is 11.3. The number of hydrogen-bond acceptors (Lipinski definition) is 2. The van der Waals surface area contributed by atoms with Crippen molar-refractivity contribution in [2.45, 2.75) is 39.2 Å². The smallest absolute Gasteiger partial charge is 0.227 e. The van der Waals surface area contributed by atoms with Crippen molar-refractivity contribution in [3.8, 4) is 0 Å². The molecule has 0 saturated carbocycles. The van der Waals surface area contributed by atoms with E-state index in [1.54, 1.807) is 0 Å². The fourth-order valence-electron chi connectivity index (χ4n) is 3.22. The van der Waals surface area contributed by atoms with E-state index in [9.17, 15) is 4.79 Å². The fraction of sp³-hybridized carbons (Fsp3) is 0.556. The van der Waals surface area contributed by atoms with Crippen LogP contribution in [0.3, 0.4) is 0 Å². The standard InChI is InChI=1S/C18H26N4O.HI/c1-2-19-18(21-11-3-4-12-21)20-14-15-7-9-16(10-8-15)22-13-5-6-17(22)23;/h7-10H,2-6,11-14H2,1H3,(H,19,20);1H. The second kappa shape index (κ2) is 9.25. The Morgan fingerprint density at radius 2 is 1.83 bits per heavy atom. The van der Waals surface area contributed by atoms with Gasteiger partial charge in [-0.1, -0.05) is 12.1 Å². The summed E-state index contributed by atoms with van der Waals surface area (Å²) in [5.41, 5.74) is 2.18. The van der Waals surface area contributed by atoms with Crippen molar-refractivity contribution >= 4 is 41.5 Å². The van der Waals surface area contributed by atoms with Crippen LogP contribution in [0.4, 0.5) is 5.69 Å². The van der Waals surface area contributed by atoms with Crippen LogP contribution in [0.5, 0.6) is 0 Å². The van der Waals surface area contributed by atoms with E-state index in [2.05, 4.69) is 29.3 Å². The van der Waals surface area contributed by atoms with Gasteiger partial charge in [0.05, 0.1) is 6.54 Å². The van der Waals surface area contributed by atoms with Gasteiger partial charge in [-0.3, -0.25) is 4.79 Å². The Labute approximate surface area is 161 Å². The molecule has 0 bridgehead atoms. The number of amides is 1. The first kappa shape index (κ1) is 19.0. The van der Waals surface area contributed by atoms with Crippen molar-refractivity contribution in [2.75, 3.05) is 31.1 Å². The number of rotatable bonds is 4. The summed E-state index contributed by atoms with van der Waals surface area (Å²) in [6, 6.07) is 8.24. The molecule has 1 aromatic rings. The van der Waals surface area contributed by atoms with Crippen molar-refractivity contribution in [1.82, 2.24) is 10.2 Å². The second-order valence-corrected chi connectivity index (χ2v) is 6.18. The molecule has 2 aliphatic rings. The van der Waals surface area contributed by atoms with Gasteiger partial charge in [-0.15, -0.1) is 24.0 Å². The van der Waals surface area contributed by atoms with Gasteiger partial charge in [-0.25, -0.2) is 4.99 Å². The minimum absolute atomic E-state index is 0. The lowest BCUT2D eigenvalue weighted by Gasteiger charge is -2.20. The highest BCUT2D eigenvalue weighted by molar-refractivity contribution is 14.0. The summed E-state index contributed by atoms with van der Waals surface area (Å²) >= 11 is 0. The molecule has 24 heavy (non-hydrogen) atoms. The summed E-state index contributed by atoms with van der Waals surface area (Å²) in [6.07, 6.45) is 4.15. The van der Waals surface area contributed by atoms with Gasteiger partial charge in [0.1, 0.15) is 0 Å². The predicted molar refractivity (Wildman–Crippen MR) is 109 cm³/mol. The van der Waals surface area contributed by atoms with E-state index < -0.39 is 0 Å². The first-order valence-corrected chi connectivity index (χ1v) is 8.70. The van der Waals surface area contributed by atoms with Crippen LogP contribution in [-0.2, 0) is 11.3 Å². The molecule has 2 heterocycles.